The van der Waals surface area contributed by atoms with Crippen LogP contribution in [-0.4, -0.2) is 29.6 Å². The highest BCUT2D eigenvalue weighted by Crippen LogP contribution is 2.21. The van der Waals surface area contributed by atoms with Crippen molar-refractivity contribution in [2.45, 2.75) is 31.7 Å². The third kappa shape index (κ3) is 3.66. The zero-order valence-corrected chi connectivity index (χ0v) is 13.0. The Labute approximate surface area is 135 Å². The number of carbonyl (C=O) groups excluding carboxylic acids is 1. The van der Waals surface area contributed by atoms with E-state index in [1.807, 2.05) is 17.0 Å². The molecule has 1 aliphatic rings. The molecule has 0 saturated carbocycles. The number of benzene rings is 2. The lowest BCUT2D eigenvalue weighted by Crippen LogP contribution is -2.46. The Hall–Kier alpha value is -2.04. The monoisotopic (exact) mass is 312 g/mol. The molecule has 0 amide bonds. The van der Waals surface area contributed by atoms with Crippen molar-refractivity contribution in [2.24, 2.45) is 5.73 Å². The zero-order valence-electron chi connectivity index (χ0n) is 13.0. The molecule has 2 atom stereocenters. The zero-order chi connectivity index (χ0) is 16.2. The molecular formula is C19H21FN2O. The Bertz CT molecular complexity index is 674. The number of Topliss-reactive ketones (excluding diaryl/α,β-unsaturated/α-hetero) is 1. The van der Waals surface area contributed by atoms with Crippen LogP contribution in [0.5, 0.6) is 0 Å². The van der Waals surface area contributed by atoms with Gasteiger partial charge in [0.05, 0.1) is 6.17 Å². The van der Waals surface area contributed by atoms with Crippen molar-refractivity contribution < 1.29 is 9.18 Å². The van der Waals surface area contributed by atoms with Gasteiger partial charge in [-0.1, -0.05) is 54.6 Å². The highest BCUT2D eigenvalue weighted by molar-refractivity contribution is 5.99. The quantitative estimate of drug-likeness (QED) is 0.864. The normalized spacial score (nSPS) is 17.3. The first-order valence-electron chi connectivity index (χ1n) is 7.95. The molecule has 2 aromatic rings. The van der Waals surface area contributed by atoms with E-state index in [0.717, 1.165) is 13.0 Å². The lowest BCUT2D eigenvalue weighted by Gasteiger charge is -2.33. The molecule has 3 rings (SSSR count). The molecule has 1 aliphatic heterocycles. The molecule has 0 spiro atoms. The summed E-state index contributed by atoms with van der Waals surface area (Å²) >= 11 is 0. The molecule has 3 nitrogen and oxygen atoms in total. The molecular weight excluding hydrogens is 291 g/mol. The number of halogens is 1. The van der Waals surface area contributed by atoms with Crippen molar-refractivity contribution >= 4 is 5.78 Å². The van der Waals surface area contributed by atoms with Crippen LogP contribution in [0.1, 0.15) is 27.9 Å². The van der Waals surface area contributed by atoms with Crippen molar-refractivity contribution in [1.82, 2.24) is 4.90 Å². The number of hydrogen-bond donors (Lipinski definition) is 1. The summed E-state index contributed by atoms with van der Waals surface area (Å²) in [6, 6.07) is 16.8. The Morgan fingerprint density at radius 3 is 2.48 bits per heavy atom. The van der Waals surface area contributed by atoms with E-state index in [2.05, 4.69) is 12.1 Å². The lowest BCUT2D eigenvalue weighted by molar-refractivity contribution is 0.0802. The number of ketones is 1. The van der Waals surface area contributed by atoms with Crippen LogP contribution < -0.4 is 5.73 Å². The predicted octanol–water partition coefficient (Wildman–Crippen LogP) is 2.94. The average molecular weight is 312 g/mol. The second kappa shape index (κ2) is 7.02. The van der Waals surface area contributed by atoms with Gasteiger partial charge in [-0.25, -0.2) is 4.39 Å². The van der Waals surface area contributed by atoms with E-state index >= 15 is 0 Å². The lowest BCUT2D eigenvalue weighted by atomic mass is 9.98. The van der Waals surface area contributed by atoms with Gasteiger partial charge < -0.3 is 5.73 Å². The molecule has 0 bridgehead atoms. The molecule has 0 saturated heterocycles. The van der Waals surface area contributed by atoms with Crippen LogP contribution in [-0.2, 0) is 13.0 Å². The fourth-order valence-corrected chi connectivity index (χ4v) is 3.05. The minimum absolute atomic E-state index is 0.0237. The first-order valence-corrected chi connectivity index (χ1v) is 7.95. The van der Waals surface area contributed by atoms with Crippen LogP contribution in [0.4, 0.5) is 4.39 Å². The Kier molecular flexibility index (Phi) is 4.84. The Morgan fingerprint density at radius 2 is 1.74 bits per heavy atom. The SMILES string of the molecule is NC(CC(F)C(=O)c1ccccc1)N1CCc2ccccc2C1. The van der Waals surface area contributed by atoms with E-state index in [1.54, 1.807) is 30.3 Å². The van der Waals surface area contributed by atoms with Gasteiger partial charge in [0.25, 0.3) is 0 Å². The summed E-state index contributed by atoms with van der Waals surface area (Å²) in [6.45, 7) is 1.51. The molecule has 120 valence electrons. The predicted molar refractivity (Wildman–Crippen MR) is 88.8 cm³/mol. The van der Waals surface area contributed by atoms with E-state index in [-0.39, 0.29) is 6.42 Å². The third-order valence-corrected chi connectivity index (χ3v) is 4.42. The summed E-state index contributed by atoms with van der Waals surface area (Å²) < 4.78 is 14.3. The molecule has 4 heteroatoms. The molecule has 1 heterocycles. The number of nitrogens with zero attached hydrogens (tertiary/aromatic N) is 1. The molecule has 0 aromatic heterocycles. The summed E-state index contributed by atoms with van der Waals surface area (Å²) in [5.41, 5.74) is 9.12. The summed E-state index contributed by atoms with van der Waals surface area (Å²) in [5.74, 6) is -0.488. The van der Waals surface area contributed by atoms with E-state index in [4.69, 9.17) is 5.73 Å². The topological polar surface area (TPSA) is 46.3 Å². The van der Waals surface area contributed by atoms with Gasteiger partial charge >= 0.3 is 0 Å². The van der Waals surface area contributed by atoms with Crippen LogP contribution in [0.3, 0.4) is 0 Å². The standard InChI is InChI=1S/C19H21FN2O/c20-17(19(23)15-7-2-1-3-8-15)12-18(21)22-11-10-14-6-4-5-9-16(14)13-22/h1-9,17-18H,10-13,21H2. The minimum Gasteiger partial charge on any atom is -0.316 e. The second-order valence-corrected chi connectivity index (χ2v) is 5.99. The van der Waals surface area contributed by atoms with Gasteiger partial charge in [-0.3, -0.25) is 9.69 Å². The van der Waals surface area contributed by atoms with Crippen LogP contribution in [0.25, 0.3) is 0 Å². The molecule has 2 N–H and O–H groups in total. The molecule has 2 unspecified atom stereocenters. The van der Waals surface area contributed by atoms with E-state index in [9.17, 15) is 9.18 Å². The maximum atomic E-state index is 14.3. The van der Waals surface area contributed by atoms with E-state index in [0.29, 0.717) is 12.1 Å². The van der Waals surface area contributed by atoms with E-state index < -0.39 is 18.1 Å². The molecule has 2 aromatic carbocycles. The first-order chi connectivity index (χ1) is 11.1. The highest BCUT2D eigenvalue weighted by Gasteiger charge is 2.27. The van der Waals surface area contributed by atoms with Crippen molar-refractivity contribution in [2.75, 3.05) is 6.54 Å². The number of fused-ring (bicyclic) bond motifs is 1. The average Bonchev–Trinajstić information content (AvgIpc) is 2.61. The van der Waals surface area contributed by atoms with Crippen molar-refractivity contribution in [3.8, 4) is 0 Å². The summed E-state index contributed by atoms with van der Waals surface area (Å²) in [4.78, 5) is 14.2. The number of carbonyl (C=O) groups is 1. The number of hydrogen-bond acceptors (Lipinski definition) is 3. The summed E-state index contributed by atoms with van der Waals surface area (Å²) in [6.07, 6.45) is -1.08. The fourth-order valence-electron chi connectivity index (χ4n) is 3.05. The van der Waals surface area contributed by atoms with Gasteiger partial charge in [-0.2, -0.15) is 0 Å². The van der Waals surface area contributed by atoms with Gasteiger partial charge in [0.15, 0.2) is 12.0 Å². The van der Waals surface area contributed by atoms with Gasteiger partial charge in [0, 0.05) is 25.1 Å². The maximum absolute atomic E-state index is 14.3. The van der Waals surface area contributed by atoms with Crippen LogP contribution in [0, 0.1) is 0 Å². The molecule has 23 heavy (non-hydrogen) atoms. The van der Waals surface area contributed by atoms with Crippen LogP contribution >= 0.6 is 0 Å². The third-order valence-electron chi connectivity index (χ3n) is 4.42. The molecule has 0 aliphatic carbocycles. The molecule has 0 fully saturated rings. The largest absolute Gasteiger partial charge is 0.316 e. The van der Waals surface area contributed by atoms with Crippen LogP contribution in [0.15, 0.2) is 54.6 Å². The van der Waals surface area contributed by atoms with Crippen LogP contribution in [0.2, 0.25) is 0 Å². The Morgan fingerprint density at radius 1 is 1.09 bits per heavy atom. The summed E-state index contributed by atoms with van der Waals surface area (Å²) in [5, 5.41) is 0. The molecule has 0 radical (unpaired) electrons. The minimum atomic E-state index is -1.57. The van der Waals surface area contributed by atoms with Crippen molar-refractivity contribution in [3.63, 3.8) is 0 Å². The first kappa shape index (κ1) is 15.8. The van der Waals surface area contributed by atoms with Gasteiger partial charge in [0.1, 0.15) is 0 Å². The van der Waals surface area contributed by atoms with Gasteiger partial charge in [-0.05, 0) is 17.5 Å². The van der Waals surface area contributed by atoms with Crippen molar-refractivity contribution in [3.05, 3.63) is 71.3 Å². The smallest absolute Gasteiger partial charge is 0.197 e. The van der Waals surface area contributed by atoms with Gasteiger partial charge in [-0.15, -0.1) is 0 Å². The number of alkyl halides is 1. The number of nitrogens with two attached hydrogens (primary N) is 1. The van der Waals surface area contributed by atoms with Crippen molar-refractivity contribution in [1.29, 1.82) is 0 Å². The Balaban J connectivity index is 1.61. The maximum Gasteiger partial charge on any atom is 0.197 e. The summed E-state index contributed by atoms with van der Waals surface area (Å²) in [7, 11) is 0. The number of rotatable bonds is 5. The highest BCUT2D eigenvalue weighted by atomic mass is 19.1. The second-order valence-electron chi connectivity index (χ2n) is 5.99. The fraction of sp³-hybridized carbons (Fsp3) is 0.316. The van der Waals surface area contributed by atoms with Gasteiger partial charge in [0.2, 0.25) is 0 Å². The van der Waals surface area contributed by atoms with E-state index in [1.165, 1.54) is 11.1 Å².